The van der Waals surface area contributed by atoms with Crippen molar-refractivity contribution in [3.63, 3.8) is 0 Å². The van der Waals surface area contributed by atoms with E-state index in [1.807, 2.05) is 0 Å². The maximum Gasteiger partial charge on any atom is 0.341 e. The average molecular weight is 440 g/mol. The molecule has 10 nitrogen and oxygen atoms in total. The van der Waals surface area contributed by atoms with Crippen molar-refractivity contribution < 1.29 is 14.6 Å². The zero-order valence-electron chi connectivity index (χ0n) is 18.1. The number of hydrazone groups is 1. The lowest BCUT2D eigenvalue weighted by atomic mass is 10.1. The van der Waals surface area contributed by atoms with Crippen molar-refractivity contribution in [1.29, 1.82) is 0 Å². The van der Waals surface area contributed by atoms with Crippen molar-refractivity contribution in [3.8, 4) is 5.75 Å². The fourth-order valence-corrected chi connectivity index (χ4v) is 3.83. The van der Waals surface area contributed by atoms with Crippen LogP contribution < -0.4 is 20.0 Å². The number of anilines is 3. The number of hydrogen-bond acceptors (Lipinski definition) is 9. The van der Waals surface area contributed by atoms with E-state index in [1.165, 1.54) is 12.8 Å². The predicted molar refractivity (Wildman–Crippen MR) is 123 cm³/mol. The number of carbonyl (C=O) groups is 1. The van der Waals surface area contributed by atoms with Crippen molar-refractivity contribution in [2.24, 2.45) is 5.10 Å². The number of benzene rings is 1. The molecule has 2 N–H and O–H groups in total. The Bertz CT molecular complexity index is 887. The molecule has 4 rings (SSSR count). The van der Waals surface area contributed by atoms with Crippen LogP contribution in [-0.2, 0) is 4.79 Å². The molecule has 10 heteroatoms. The number of rotatable bonds is 8. The Hall–Kier alpha value is -3.43. The van der Waals surface area contributed by atoms with Gasteiger partial charge in [0.25, 0.3) is 0 Å². The van der Waals surface area contributed by atoms with E-state index in [0.717, 1.165) is 57.4 Å². The maximum absolute atomic E-state index is 10.6. The first kappa shape index (κ1) is 21.8. The average Bonchev–Trinajstić information content (AvgIpc) is 2.84. The highest BCUT2D eigenvalue weighted by Crippen LogP contribution is 2.22. The molecule has 0 radical (unpaired) electrons. The van der Waals surface area contributed by atoms with Gasteiger partial charge >= 0.3 is 5.97 Å². The summed E-state index contributed by atoms with van der Waals surface area (Å²) in [6, 6.07) is 7.01. The van der Waals surface area contributed by atoms with Crippen LogP contribution in [0.25, 0.3) is 0 Å². The van der Waals surface area contributed by atoms with Crippen molar-refractivity contribution in [3.05, 3.63) is 29.8 Å². The van der Waals surface area contributed by atoms with Crippen LogP contribution in [0.15, 0.2) is 29.4 Å². The predicted octanol–water partition coefficient (Wildman–Crippen LogP) is 2.76. The summed E-state index contributed by atoms with van der Waals surface area (Å²) in [5, 5.41) is 13.0. The second-order valence-electron chi connectivity index (χ2n) is 7.98. The molecule has 2 aliphatic heterocycles. The zero-order valence-corrected chi connectivity index (χ0v) is 18.1. The fourth-order valence-electron chi connectivity index (χ4n) is 3.83. The lowest BCUT2D eigenvalue weighted by Crippen LogP contribution is -2.34. The third kappa shape index (κ3) is 6.05. The Kier molecular flexibility index (Phi) is 7.31. The number of nitrogens with zero attached hydrogens (tertiary/aromatic N) is 6. The quantitative estimate of drug-likeness (QED) is 0.473. The summed E-state index contributed by atoms with van der Waals surface area (Å²) in [6.07, 6.45) is 8.75. The normalized spacial score (nSPS) is 16.9. The lowest BCUT2D eigenvalue weighted by molar-refractivity contribution is -0.139. The molecule has 0 unspecified atom stereocenters. The summed E-state index contributed by atoms with van der Waals surface area (Å²) in [5.41, 5.74) is 3.79. The lowest BCUT2D eigenvalue weighted by Gasteiger charge is -2.30. The monoisotopic (exact) mass is 439 g/mol. The van der Waals surface area contributed by atoms with E-state index in [1.54, 1.807) is 30.5 Å². The summed E-state index contributed by atoms with van der Waals surface area (Å²) >= 11 is 0. The molecule has 170 valence electrons. The van der Waals surface area contributed by atoms with Crippen molar-refractivity contribution in [2.75, 3.05) is 48.0 Å². The minimum absolute atomic E-state index is 0.368. The number of hydrogen-bond donors (Lipinski definition) is 2. The van der Waals surface area contributed by atoms with Gasteiger partial charge in [-0.3, -0.25) is 0 Å². The van der Waals surface area contributed by atoms with E-state index in [2.05, 4.69) is 30.3 Å². The van der Waals surface area contributed by atoms with E-state index < -0.39 is 5.97 Å². The number of aromatic nitrogens is 3. The molecular weight excluding hydrogens is 410 g/mol. The van der Waals surface area contributed by atoms with Gasteiger partial charge in [0.05, 0.1) is 6.21 Å². The molecule has 2 aromatic rings. The van der Waals surface area contributed by atoms with Crippen LogP contribution in [0.5, 0.6) is 5.75 Å². The summed E-state index contributed by atoms with van der Waals surface area (Å²) in [6.45, 7) is 3.48. The second kappa shape index (κ2) is 10.7. The summed E-state index contributed by atoms with van der Waals surface area (Å²) < 4.78 is 5.14. The zero-order chi connectivity index (χ0) is 22.2. The van der Waals surface area contributed by atoms with Gasteiger partial charge in [0.1, 0.15) is 5.75 Å². The van der Waals surface area contributed by atoms with Gasteiger partial charge in [-0.2, -0.15) is 20.1 Å². The third-order valence-electron chi connectivity index (χ3n) is 5.51. The van der Waals surface area contributed by atoms with Crippen LogP contribution in [0.1, 0.15) is 44.1 Å². The van der Waals surface area contributed by atoms with Crippen molar-refractivity contribution in [2.45, 2.75) is 38.5 Å². The molecule has 0 bridgehead atoms. The number of aliphatic carboxylic acids is 1. The van der Waals surface area contributed by atoms with Gasteiger partial charge in [-0.25, -0.2) is 10.2 Å². The van der Waals surface area contributed by atoms with Crippen LogP contribution in [-0.4, -0.2) is 65.0 Å². The molecule has 2 aliphatic rings. The number of nitrogens with one attached hydrogen (secondary N) is 1. The first-order valence-corrected chi connectivity index (χ1v) is 11.2. The van der Waals surface area contributed by atoms with E-state index in [9.17, 15) is 4.79 Å². The number of carboxylic acids is 1. The SMILES string of the molecule is O=C(O)COc1ccc(C=NNc2nc(N3CCCCC3)nc(N3CCCCC3)n2)cc1. The Balaban J connectivity index is 1.46. The smallest absolute Gasteiger partial charge is 0.341 e. The number of piperidine rings is 2. The van der Waals surface area contributed by atoms with Crippen LogP contribution in [0.3, 0.4) is 0 Å². The third-order valence-corrected chi connectivity index (χ3v) is 5.51. The van der Waals surface area contributed by atoms with Gasteiger partial charge in [0, 0.05) is 26.2 Å². The topological polar surface area (TPSA) is 116 Å². The molecule has 0 aliphatic carbocycles. The summed E-state index contributed by atoms with van der Waals surface area (Å²) in [7, 11) is 0. The minimum atomic E-state index is -1.01. The molecule has 0 amide bonds. The molecule has 1 aromatic heterocycles. The number of ether oxygens (including phenoxy) is 1. The van der Waals surface area contributed by atoms with Crippen LogP contribution in [0.2, 0.25) is 0 Å². The van der Waals surface area contributed by atoms with E-state index >= 15 is 0 Å². The molecule has 1 aromatic carbocycles. The molecule has 2 fully saturated rings. The standard InChI is InChI=1S/C22H29N7O3/c30-19(31)16-32-18-9-7-17(8-10-18)15-23-27-20-24-21(28-11-3-1-4-12-28)26-22(25-20)29-13-5-2-6-14-29/h7-10,15H,1-6,11-14,16H2,(H,30,31)(H,24,25,26,27). The Morgan fingerprint density at radius 2 is 1.50 bits per heavy atom. The largest absolute Gasteiger partial charge is 0.482 e. The van der Waals surface area contributed by atoms with Crippen LogP contribution in [0, 0.1) is 0 Å². The number of carboxylic acid groups (broad SMARTS) is 1. The first-order chi connectivity index (χ1) is 15.7. The van der Waals surface area contributed by atoms with Gasteiger partial charge in [-0.1, -0.05) is 0 Å². The summed E-state index contributed by atoms with van der Waals surface area (Å²) in [5.74, 6) is 1.33. The van der Waals surface area contributed by atoms with E-state index in [-0.39, 0.29) is 6.61 Å². The van der Waals surface area contributed by atoms with Gasteiger partial charge in [0.2, 0.25) is 17.8 Å². The fraction of sp³-hybridized carbons (Fsp3) is 0.500. The van der Waals surface area contributed by atoms with Crippen molar-refractivity contribution >= 4 is 30.0 Å². The van der Waals surface area contributed by atoms with E-state index in [0.29, 0.717) is 23.6 Å². The highest BCUT2D eigenvalue weighted by Gasteiger charge is 2.20. The van der Waals surface area contributed by atoms with Crippen LogP contribution >= 0.6 is 0 Å². The van der Waals surface area contributed by atoms with Gasteiger partial charge in [0.15, 0.2) is 6.61 Å². The molecular formula is C22H29N7O3. The molecule has 0 atom stereocenters. The highest BCUT2D eigenvalue weighted by atomic mass is 16.5. The minimum Gasteiger partial charge on any atom is -0.482 e. The molecule has 2 saturated heterocycles. The second-order valence-corrected chi connectivity index (χ2v) is 7.98. The van der Waals surface area contributed by atoms with Crippen molar-refractivity contribution in [1.82, 2.24) is 15.0 Å². The van der Waals surface area contributed by atoms with Gasteiger partial charge < -0.3 is 19.6 Å². The Labute approximate surface area is 187 Å². The van der Waals surface area contributed by atoms with Crippen LogP contribution in [0.4, 0.5) is 17.8 Å². The molecule has 3 heterocycles. The molecule has 32 heavy (non-hydrogen) atoms. The van der Waals surface area contributed by atoms with Gasteiger partial charge in [-0.05, 0) is 68.4 Å². The molecule has 0 spiro atoms. The Morgan fingerprint density at radius 1 is 0.938 bits per heavy atom. The Morgan fingerprint density at radius 3 is 2.03 bits per heavy atom. The molecule has 0 saturated carbocycles. The maximum atomic E-state index is 10.6. The van der Waals surface area contributed by atoms with Gasteiger partial charge in [-0.15, -0.1) is 0 Å². The first-order valence-electron chi connectivity index (χ1n) is 11.2. The highest BCUT2D eigenvalue weighted by molar-refractivity contribution is 5.80. The van der Waals surface area contributed by atoms with E-state index in [4.69, 9.17) is 14.8 Å². The summed E-state index contributed by atoms with van der Waals surface area (Å²) in [4.78, 5) is 29.0.